The number of hydrogen-bond donors (Lipinski definition) is 0. The lowest BCUT2D eigenvalue weighted by Crippen LogP contribution is -2.37. The quantitative estimate of drug-likeness (QED) is 0.206. The summed E-state index contributed by atoms with van der Waals surface area (Å²) in [6.07, 6.45) is 4.22. The highest BCUT2D eigenvalue weighted by Crippen LogP contribution is 2.58. The third-order valence-electron chi connectivity index (χ3n) is 9.72. The zero-order chi connectivity index (χ0) is 30.9. The highest BCUT2D eigenvalue weighted by atomic mass is 19.1. The first-order valence-electron chi connectivity index (χ1n) is 15.4. The fourth-order valence-electron chi connectivity index (χ4n) is 7.61. The van der Waals surface area contributed by atoms with Crippen LogP contribution in [0, 0.1) is 11.6 Å². The first-order chi connectivity index (χ1) is 21.8. The molecule has 1 saturated heterocycles. The second-order valence-corrected chi connectivity index (χ2v) is 12.5. The van der Waals surface area contributed by atoms with Crippen molar-refractivity contribution >= 4 is 22.5 Å². The number of ether oxygens (including phenoxy) is 3. The molecule has 0 radical (unpaired) electrons. The lowest BCUT2D eigenvalue weighted by atomic mass is 9.76. The molecule has 3 aliphatic rings. The first kappa shape index (κ1) is 27.8. The summed E-state index contributed by atoms with van der Waals surface area (Å²) in [7, 11) is 1.66. The smallest absolute Gasteiger partial charge is 0.178 e. The molecule has 4 nitrogen and oxygen atoms in total. The van der Waals surface area contributed by atoms with Crippen LogP contribution in [0.2, 0.25) is 0 Å². The highest BCUT2D eigenvalue weighted by Gasteiger charge is 2.45. The van der Waals surface area contributed by atoms with Gasteiger partial charge in [0.05, 0.1) is 20.3 Å². The number of rotatable bonds is 4. The van der Waals surface area contributed by atoms with Crippen molar-refractivity contribution in [2.45, 2.75) is 24.9 Å². The summed E-state index contributed by atoms with van der Waals surface area (Å²) < 4.78 is 48.6. The Morgan fingerprint density at radius 1 is 0.800 bits per heavy atom. The molecule has 0 spiro atoms. The Morgan fingerprint density at radius 3 is 2.16 bits per heavy atom. The summed E-state index contributed by atoms with van der Waals surface area (Å²) in [5.41, 5.74) is 5.21. The van der Waals surface area contributed by atoms with Gasteiger partial charge in [-0.1, -0.05) is 68.5 Å². The van der Waals surface area contributed by atoms with E-state index in [0.29, 0.717) is 24.3 Å². The van der Waals surface area contributed by atoms with Gasteiger partial charge in [0.2, 0.25) is 0 Å². The number of morpholine rings is 1. The fourth-order valence-corrected chi connectivity index (χ4v) is 7.61. The van der Waals surface area contributed by atoms with Crippen molar-refractivity contribution in [2.24, 2.45) is 0 Å². The minimum Gasteiger partial charge on any atom is -0.497 e. The zero-order valence-corrected chi connectivity index (χ0v) is 25.5. The number of fused-ring (bicyclic) bond motifs is 8. The highest BCUT2D eigenvalue weighted by molar-refractivity contribution is 6.08. The van der Waals surface area contributed by atoms with Gasteiger partial charge in [0.15, 0.2) is 5.60 Å². The van der Waals surface area contributed by atoms with E-state index >= 15 is 4.39 Å². The molecule has 45 heavy (non-hydrogen) atoms. The predicted octanol–water partition coefficient (Wildman–Crippen LogP) is 8.62. The Bertz CT molecular complexity index is 1990. The minimum atomic E-state index is -0.952. The van der Waals surface area contributed by atoms with E-state index in [4.69, 9.17) is 14.2 Å². The molecular formula is C39H33F2NO3. The van der Waals surface area contributed by atoms with Gasteiger partial charge in [0, 0.05) is 57.9 Å². The second-order valence-electron chi connectivity index (χ2n) is 12.5. The van der Waals surface area contributed by atoms with Crippen LogP contribution in [0.1, 0.15) is 41.7 Å². The van der Waals surface area contributed by atoms with Crippen molar-refractivity contribution in [1.29, 1.82) is 0 Å². The van der Waals surface area contributed by atoms with Gasteiger partial charge < -0.3 is 19.1 Å². The van der Waals surface area contributed by atoms with E-state index in [2.05, 4.69) is 41.3 Å². The standard InChI is InChI=1S/C39H33F2NO3/c1-38(2)35-32(22-26(40)23-33(35)41)34-29-6-4-5-7-30(29)37-31(36(34)38)16-17-39(45-37,25-10-14-28(43-3)15-11-25)24-8-12-27(13-9-24)42-18-20-44-21-19-42/h4-17,22-23H,18-21H2,1-3H3. The molecule has 5 aromatic rings. The summed E-state index contributed by atoms with van der Waals surface area (Å²) in [4.78, 5) is 2.33. The van der Waals surface area contributed by atoms with Crippen LogP contribution in [-0.4, -0.2) is 33.4 Å². The topological polar surface area (TPSA) is 30.9 Å². The van der Waals surface area contributed by atoms with Crippen LogP contribution < -0.4 is 14.4 Å². The first-order valence-corrected chi connectivity index (χ1v) is 15.4. The van der Waals surface area contributed by atoms with E-state index in [0.717, 1.165) is 74.9 Å². The SMILES string of the molecule is COc1ccc(C2(c3ccc(N4CCOCC4)cc3)C=Cc3c4c(c5ccccc5c3O2)-c2cc(F)cc(F)c2C4(C)C)cc1. The number of benzene rings is 5. The fraction of sp³-hybridized carbons (Fsp3) is 0.231. The molecule has 0 N–H and O–H groups in total. The van der Waals surface area contributed by atoms with Gasteiger partial charge in [0.1, 0.15) is 23.1 Å². The van der Waals surface area contributed by atoms with Gasteiger partial charge in [-0.05, 0) is 58.5 Å². The third-order valence-corrected chi connectivity index (χ3v) is 9.72. The molecule has 1 fully saturated rings. The van der Waals surface area contributed by atoms with Crippen molar-refractivity contribution in [3.63, 3.8) is 0 Å². The van der Waals surface area contributed by atoms with Crippen molar-refractivity contribution in [3.8, 4) is 22.6 Å². The molecule has 2 aliphatic heterocycles. The molecule has 0 bridgehead atoms. The van der Waals surface area contributed by atoms with Crippen molar-refractivity contribution < 1.29 is 23.0 Å². The molecular weight excluding hydrogens is 568 g/mol. The summed E-state index contributed by atoms with van der Waals surface area (Å²) in [5.74, 6) is 0.371. The van der Waals surface area contributed by atoms with E-state index in [1.807, 2.05) is 62.4 Å². The van der Waals surface area contributed by atoms with Gasteiger partial charge in [-0.3, -0.25) is 0 Å². The zero-order valence-electron chi connectivity index (χ0n) is 25.5. The van der Waals surface area contributed by atoms with Crippen molar-refractivity contribution in [2.75, 3.05) is 38.3 Å². The van der Waals surface area contributed by atoms with Crippen LogP contribution in [0.5, 0.6) is 11.5 Å². The van der Waals surface area contributed by atoms with E-state index in [-0.39, 0.29) is 0 Å². The molecule has 226 valence electrons. The van der Waals surface area contributed by atoms with Gasteiger partial charge >= 0.3 is 0 Å². The van der Waals surface area contributed by atoms with Crippen LogP contribution in [0.25, 0.3) is 28.0 Å². The second kappa shape index (κ2) is 10.2. The van der Waals surface area contributed by atoms with Gasteiger partial charge in [-0.2, -0.15) is 0 Å². The van der Waals surface area contributed by atoms with Gasteiger partial charge in [-0.25, -0.2) is 8.78 Å². The maximum absolute atomic E-state index is 15.5. The Hall–Kier alpha value is -4.68. The summed E-state index contributed by atoms with van der Waals surface area (Å²) >= 11 is 0. The Morgan fingerprint density at radius 2 is 1.47 bits per heavy atom. The molecule has 0 amide bonds. The van der Waals surface area contributed by atoms with Crippen LogP contribution >= 0.6 is 0 Å². The lowest BCUT2D eigenvalue weighted by molar-refractivity contribution is 0.122. The molecule has 5 aromatic carbocycles. The lowest BCUT2D eigenvalue weighted by Gasteiger charge is -2.38. The van der Waals surface area contributed by atoms with Gasteiger partial charge in [0.25, 0.3) is 0 Å². The average Bonchev–Trinajstić information content (AvgIpc) is 3.31. The number of hydrogen-bond acceptors (Lipinski definition) is 4. The van der Waals surface area contributed by atoms with Crippen LogP contribution in [0.15, 0.2) is 91.0 Å². The number of anilines is 1. The van der Waals surface area contributed by atoms with E-state index in [1.54, 1.807) is 7.11 Å². The third kappa shape index (κ3) is 4.12. The average molecular weight is 602 g/mol. The summed E-state index contributed by atoms with van der Waals surface area (Å²) in [5, 5.41) is 1.80. The maximum atomic E-state index is 15.5. The minimum absolute atomic E-state index is 0.511. The molecule has 6 heteroatoms. The van der Waals surface area contributed by atoms with Crippen LogP contribution in [0.4, 0.5) is 14.5 Å². The monoisotopic (exact) mass is 601 g/mol. The van der Waals surface area contributed by atoms with Gasteiger partial charge in [-0.15, -0.1) is 0 Å². The van der Waals surface area contributed by atoms with Crippen molar-refractivity contribution in [1.82, 2.24) is 0 Å². The molecule has 1 aliphatic carbocycles. The van der Waals surface area contributed by atoms with Crippen LogP contribution in [0.3, 0.4) is 0 Å². The maximum Gasteiger partial charge on any atom is 0.178 e. The molecule has 8 rings (SSSR count). The molecule has 0 saturated carbocycles. The number of methoxy groups -OCH3 is 1. The summed E-state index contributed by atoms with van der Waals surface area (Å²) in [6.45, 7) is 7.16. The molecule has 2 heterocycles. The Balaban J connectivity index is 1.36. The van der Waals surface area contributed by atoms with E-state index in [1.165, 1.54) is 6.07 Å². The number of nitrogens with zero attached hydrogens (tertiary/aromatic N) is 1. The normalized spacial score (nSPS) is 19.5. The van der Waals surface area contributed by atoms with E-state index < -0.39 is 22.7 Å². The van der Waals surface area contributed by atoms with E-state index in [9.17, 15) is 4.39 Å². The Kier molecular flexibility index (Phi) is 6.30. The number of halogens is 2. The molecule has 0 aromatic heterocycles. The van der Waals surface area contributed by atoms with Crippen molar-refractivity contribution in [3.05, 3.63) is 130 Å². The molecule has 1 unspecified atom stereocenters. The molecule has 1 atom stereocenters. The predicted molar refractivity (Wildman–Crippen MR) is 174 cm³/mol. The summed E-state index contributed by atoms with van der Waals surface area (Å²) in [6, 6.07) is 27.0. The Labute approximate surface area is 261 Å². The largest absolute Gasteiger partial charge is 0.497 e. The van der Waals surface area contributed by atoms with Crippen LogP contribution in [-0.2, 0) is 15.8 Å².